The molecule has 2 aromatic carbocycles. The average Bonchev–Trinajstić information content (AvgIpc) is 2.92. The van der Waals surface area contributed by atoms with E-state index >= 15 is 0 Å². The van der Waals surface area contributed by atoms with Crippen LogP contribution in [0.1, 0.15) is 35.2 Å². The van der Waals surface area contributed by atoms with Crippen LogP contribution in [-0.2, 0) is 27.7 Å². The molecule has 6 nitrogen and oxygen atoms in total. The van der Waals surface area contributed by atoms with Crippen LogP contribution in [0.25, 0.3) is 0 Å². The van der Waals surface area contributed by atoms with E-state index in [0.717, 1.165) is 12.1 Å². The second-order valence-electron chi connectivity index (χ2n) is 9.37. The van der Waals surface area contributed by atoms with E-state index < -0.39 is 29.1 Å². The van der Waals surface area contributed by atoms with Gasteiger partial charge in [0.2, 0.25) is 0 Å². The van der Waals surface area contributed by atoms with Gasteiger partial charge >= 0.3 is 18.2 Å². The fraction of sp³-hybridized carbons (Fsp3) is 0.321. The number of nitrogens with zero attached hydrogens (tertiary/aromatic N) is 2. The number of esters is 1. The number of nitrogens with one attached hydrogen (secondary N) is 1. The highest BCUT2D eigenvalue weighted by atomic mass is 35.5. The lowest BCUT2D eigenvalue weighted by molar-refractivity contribution is -0.146. The summed E-state index contributed by atoms with van der Waals surface area (Å²) in [5.41, 5.74) is -2.20. The summed E-state index contributed by atoms with van der Waals surface area (Å²) in [5, 5.41) is 3.17. The van der Waals surface area contributed by atoms with Gasteiger partial charge in [-0.25, -0.2) is 9.18 Å². The first-order valence-corrected chi connectivity index (χ1v) is 12.6. The van der Waals surface area contributed by atoms with E-state index in [1.165, 1.54) is 30.3 Å². The lowest BCUT2D eigenvalue weighted by Gasteiger charge is -2.39. The van der Waals surface area contributed by atoms with Crippen LogP contribution in [0.2, 0.25) is 5.02 Å². The van der Waals surface area contributed by atoms with Gasteiger partial charge < -0.3 is 15.0 Å². The van der Waals surface area contributed by atoms with Crippen molar-refractivity contribution in [2.75, 3.05) is 20.2 Å². The normalized spacial score (nSPS) is 15.9. The number of carbonyl (C=O) groups excluding carboxylic acids is 2. The van der Waals surface area contributed by atoms with Crippen molar-refractivity contribution >= 4 is 23.6 Å². The van der Waals surface area contributed by atoms with Gasteiger partial charge in [-0.3, -0.25) is 9.78 Å². The highest BCUT2D eigenvalue weighted by Gasteiger charge is 2.42. The zero-order valence-electron chi connectivity index (χ0n) is 21.0. The lowest BCUT2D eigenvalue weighted by atomic mass is 9.79. The third-order valence-corrected chi connectivity index (χ3v) is 7.06. The average molecular weight is 564 g/mol. The predicted octanol–water partition coefficient (Wildman–Crippen LogP) is 5.97. The maximum atomic E-state index is 14.7. The molecule has 1 saturated heterocycles. The number of benzene rings is 2. The molecule has 4 rings (SSSR count). The number of aromatic nitrogens is 1. The van der Waals surface area contributed by atoms with Gasteiger partial charge in [0.15, 0.2) is 0 Å². The first-order chi connectivity index (χ1) is 18.5. The number of hydrogen-bond acceptors (Lipinski definition) is 4. The van der Waals surface area contributed by atoms with Crippen LogP contribution >= 0.6 is 11.6 Å². The smallest absolute Gasteiger partial charge is 0.416 e. The fourth-order valence-corrected chi connectivity index (χ4v) is 4.91. The van der Waals surface area contributed by atoms with Gasteiger partial charge in [0, 0.05) is 25.7 Å². The summed E-state index contributed by atoms with van der Waals surface area (Å²) < 4.78 is 60.9. The van der Waals surface area contributed by atoms with Crippen LogP contribution in [0.3, 0.4) is 0 Å². The number of likely N-dealkylation sites (tertiary alicyclic amines) is 1. The van der Waals surface area contributed by atoms with Crippen LogP contribution in [0, 0.1) is 11.7 Å². The summed E-state index contributed by atoms with van der Waals surface area (Å²) >= 11 is 6.05. The Hall–Kier alpha value is -3.66. The number of pyridine rings is 1. The Balaban J connectivity index is 1.83. The van der Waals surface area contributed by atoms with Crippen molar-refractivity contribution in [3.05, 3.63) is 100 Å². The van der Waals surface area contributed by atoms with Gasteiger partial charge in [-0.05, 0) is 54.3 Å². The van der Waals surface area contributed by atoms with Crippen LogP contribution in [-0.4, -0.2) is 42.1 Å². The van der Waals surface area contributed by atoms with Crippen LogP contribution < -0.4 is 5.32 Å². The molecular formula is C28H26ClF4N3O3. The standard InChI is InChI=1S/C28H26ClF4N3O3/c1-39-25(37)19-9-11-36(12-10-19)26(38)35-27(16-18-5-3-2-4-6-18,24-8-7-22(29)17-34-24)20-13-21(28(31,32)33)15-23(30)14-20/h2-8,13-15,17,19H,9-12,16H2,1H3,(H,35,38)/t27-/m1/s1. The van der Waals surface area contributed by atoms with Gasteiger partial charge in [-0.15, -0.1) is 0 Å². The SMILES string of the molecule is COC(=O)C1CCN(C(=O)N[C@](Cc2ccccc2)(c2cc(F)cc(C(F)(F)F)c2)c2ccc(Cl)cn2)CC1. The Labute approximate surface area is 227 Å². The van der Waals surface area contributed by atoms with Crippen molar-refractivity contribution in [3.8, 4) is 0 Å². The molecule has 3 aromatic rings. The molecule has 2 heterocycles. The molecule has 0 radical (unpaired) electrons. The maximum absolute atomic E-state index is 14.7. The Bertz CT molecular complexity index is 1310. The van der Waals surface area contributed by atoms with Crippen molar-refractivity contribution in [1.29, 1.82) is 0 Å². The lowest BCUT2D eigenvalue weighted by Crippen LogP contribution is -2.55. The molecule has 11 heteroatoms. The van der Waals surface area contributed by atoms with E-state index in [1.807, 2.05) is 0 Å². The first kappa shape index (κ1) is 28.4. The highest BCUT2D eigenvalue weighted by Crippen LogP contribution is 2.38. The number of halogens is 5. The molecule has 39 heavy (non-hydrogen) atoms. The molecule has 1 aliphatic rings. The van der Waals surface area contributed by atoms with E-state index in [2.05, 4.69) is 10.3 Å². The Morgan fingerprint density at radius 1 is 1.05 bits per heavy atom. The second kappa shape index (κ2) is 11.6. The third kappa shape index (κ3) is 6.50. The molecule has 1 aliphatic heterocycles. The molecular weight excluding hydrogens is 538 g/mol. The van der Waals surface area contributed by atoms with Gasteiger partial charge in [-0.2, -0.15) is 13.2 Å². The van der Waals surface area contributed by atoms with E-state index in [4.69, 9.17) is 16.3 Å². The molecule has 1 atom stereocenters. The summed E-state index contributed by atoms with van der Waals surface area (Å²) in [7, 11) is 1.30. The van der Waals surface area contributed by atoms with Crippen LogP contribution in [0.15, 0.2) is 66.9 Å². The zero-order chi connectivity index (χ0) is 28.2. The Morgan fingerprint density at radius 2 is 1.72 bits per heavy atom. The number of piperidine rings is 1. The molecule has 1 aromatic heterocycles. The molecule has 2 amide bonds. The fourth-order valence-electron chi connectivity index (χ4n) is 4.80. The molecule has 0 bridgehead atoms. The molecule has 0 unspecified atom stereocenters. The number of ether oxygens (including phenoxy) is 1. The maximum Gasteiger partial charge on any atom is 0.416 e. The minimum atomic E-state index is -4.83. The second-order valence-corrected chi connectivity index (χ2v) is 9.81. The number of carbonyl (C=O) groups is 2. The van der Waals surface area contributed by atoms with Crippen LogP contribution in [0.5, 0.6) is 0 Å². The van der Waals surface area contributed by atoms with Gasteiger partial charge in [0.1, 0.15) is 11.4 Å². The first-order valence-electron chi connectivity index (χ1n) is 12.2. The summed E-state index contributed by atoms with van der Waals surface area (Å²) in [6.45, 7) is 0.441. The quantitative estimate of drug-likeness (QED) is 0.296. The number of amides is 2. The molecule has 1 fully saturated rings. The Morgan fingerprint density at radius 3 is 2.31 bits per heavy atom. The number of urea groups is 1. The van der Waals surface area contributed by atoms with Crippen molar-refractivity contribution in [1.82, 2.24) is 15.2 Å². The zero-order valence-corrected chi connectivity index (χ0v) is 21.7. The molecule has 1 N–H and O–H groups in total. The number of hydrogen-bond donors (Lipinski definition) is 1. The third-order valence-electron chi connectivity index (χ3n) is 6.83. The van der Waals surface area contributed by atoms with E-state index in [1.54, 1.807) is 30.3 Å². The van der Waals surface area contributed by atoms with Crippen molar-refractivity contribution in [2.45, 2.75) is 31.0 Å². The van der Waals surface area contributed by atoms with Crippen molar-refractivity contribution < 1.29 is 31.9 Å². The van der Waals surface area contributed by atoms with E-state index in [0.29, 0.717) is 24.5 Å². The molecule has 0 aliphatic carbocycles. The monoisotopic (exact) mass is 563 g/mol. The highest BCUT2D eigenvalue weighted by molar-refractivity contribution is 6.30. The van der Waals surface area contributed by atoms with Crippen LogP contribution in [0.4, 0.5) is 22.4 Å². The Kier molecular flexibility index (Phi) is 8.44. The minimum Gasteiger partial charge on any atom is -0.469 e. The topological polar surface area (TPSA) is 71.5 Å². The molecule has 206 valence electrons. The number of rotatable bonds is 6. The van der Waals surface area contributed by atoms with Gasteiger partial charge in [-0.1, -0.05) is 41.9 Å². The van der Waals surface area contributed by atoms with E-state index in [-0.39, 0.29) is 47.7 Å². The summed E-state index contributed by atoms with van der Waals surface area (Å²) in [6, 6.07) is 13.4. The molecule has 0 spiro atoms. The number of alkyl halides is 3. The summed E-state index contributed by atoms with van der Waals surface area (Å²) in [6.07, 6.45) is -2.82. The largest absolute Gasteiger partial charge is 0.469 e. The van der Waals surface area contributed by atoms with Crippen molar-refractivity contribution in [3.63, 3.8) is 0 Å². The van der Waals surface area contributed by atoms with Gasteiger partial charge in [0.05, 0.1) is 29.3 Å². The summed E-state index contributed by atoms with van der Waals surface area (Å²) in [4.78, 5) is 31.4. The van der Waals surface area contributed by atoms with Crippen molar-refractivity contribution in [2.24, 2.45) is 5.92 Å². The summed E-state index contributed by atoms with van der Waals surface area (Å²) in [5.74, 6) is -1.83. The predicted molar refractivity (Wildman–Crippen MR) is 136 cm³/mol. The molecule has 0 saturated carbocycles. The van der Waals surface area contributed by atoms with Gasteiger partial charge in [0.25, 0.3) is 0 Å². The van der Waals surface area contributed by atoms with E-state index in [9.17, 15) is 27.2 Å². The minimum absolute atomic E-state index is 0.0341. The number of methoxy groups -OCH3 is 1.